The highest BCUT2D eigenvalue weighted by Crippen LogP contribution is 2.16. The average Bonchev–Trinajstić information content (AvgIpc) is 2.96. The van der Waals surface area contributed by atoms with E-state index in [9.17, 15) is 9.59 Å². The van der Waals surface area contributed by atoms with Gasteiger partial charge in [-0.3, -0.25) is 14.6 Å². The molecule has 1 aliphatic rings. The summed E-state index contributed by atoms with van der Waals surface area (Å²) in [6.07, 6.45) is 3.65. The molecule has 6 heteroatoms. The largest absolute Gasteiger partial charge is 0.340 e. The van der Waals surface area contributed by atoms with Gasteiger partial charge in [0.05, 0.1) is 17.2 Å². The Morgan fingerprint density at radius 3 is 2.79 bits per heavy atom. The van der Waals surface area contributed by atoms with Crippen molar-refractivity contribution in [2.75, 3.05) is 6.54 Å². The van der Waals surface area contributed by atoms with Crippen LogP contribution in [0.1, 0.15) is 27.9 Å². The normalized spacial score (nSPS) is 16.7. The first-order valence-electron chi connectivity index (χ1n) is 7.66. The van der Waals surface area contributed by atoms with Crippen molar-refractivity contribution < 1.29 is 9.59 Å². The molecular weight excluding hydrogens is 304 g/mol. The zero-order chi connectivity index (χ0) is 16.9. The molecule has 1 saturated heterocycles. The van der Waals surface area contributed by atoms with Crippen LogP contribution in [0, 0.1) is 11.3 Å². The van der Waals surface area contributed by atoms with Gasteiger partial charge in [-0.15, -0.1) is 0 Å². The molecule has 1 N–H and O–H groups in total. The Bertz CT molecular complexity index is 781. The van der Waals surface area contributed by atoms with Crippen molar-refractivity contribution in [1.29, 1.82) is 5.26 Å². The van der Waals surface area contributed by atoms with E-state index in [1.807, 2.05) is 12.1 Å². The van der Waals surface area contributed by atoms with E-state index in [0.29, 0.717) is 30.6 Å². The number of hydrogen-bond donors (Lipinski definition) is 1. The Hall–Kier alpha value is -3.20. The van der Waals surface area contributed by atoms with Crippen molar-refractivity contribution in [2.24, 2.45) is 0 Å². The maximum Gasteiger partial charge on any atom is 0.253 e. The predicted molar refractivity (Wildman–Crippen MR) is 86.7 cm³/mol. The fourth-order valence-corrected chi connectivity index (χ4v) is 2.67. The lowest BCUT2D eigenvalue weighted by Gasteiger charge is -2.17. The van der Waals surface area contributed by atoms with E-state index in [1.165, 1.54) is 6.20 Å². The molecule has 1 atom stereocenters. The standard InChI is InChI=1S/C18H16N4O2/c19-10-13-3-5-14(6-4-13)12-22-9-7-16(18(22)24)21-17(23)15-2-1-8-20-11-15/h1-6,8,11,16H,7,9,12H2,(H,21,23)/t16-/m1/s1. The molecule has 1 aromatic carbocycles. The minimum atomic E-state index is -0.504. The van der Waals surface area contributed by atoms with E-state index < -0.39 is 6.04 Å². The Morgan fingerprint density at radius 2 is 2.12 bits per heavy atom. The topological polar surface area (TPSA) is 86.1 Å². The van der Waals surface area contributed by atoms with E-state index in [2.05, 4.69) is 16.4 Å². The zero-order valence-electron chi connectivity index (χ0n) is 13.0. The van der Waals surface area contributed by atoms with E-state index in [-0.39, 0.29) is 11.8 Å². The summed E-state index contributed by atoms with van der Waals surface area (Å²) in [7, 11) is 0. The summed E-state index contributed by atoms with van der Waals surface area (Å²) in [5.41, 5.74) is 1.99. The summed E-state index contributed by atoms with van der Waals surface area (Å²) < 4.78 is 0. The number of hydrogen-bond acceptors (Lipinski definition) is 4. The van der Waals surface area contributed by atoms with E-state index in [0.717, 1.165) is 5.56 Å². The molecule has 1 aromatic heterocycles. The fraction of sp³-hybridized carbons (Fsp3) is 0.222. The minimum Gasteiger partial charge on any atom is -0.340 e. The number of rotatable bonds is 4. The highest BCUT2D eigenvalue weighted by Gasteiger charge is 2.32. The van der Waals surface area contributed by atoms with Crippen molar-refractivity contribution in [3.8, 4) is 6.07 Å². The van der Waals surface area contributed by atoms with Crippen molar-refractivity contribution in [2.45, 2.75) is 19.0 Å². The maximum atomic E-state index is 12.4. The van der Waals surface area contributed by atoms with Gasteiger partial charge >= 0.3 is 0 Å². The quantitative estimate of drug-likeness (QED) is 0.924. The lowest BCUT2D eigenvalue weighted by atomic mass is 10.1. The molecule has 0 unspecified atom stereocenters. The van der Waals surface area contributed by atoms with Crippen LogP contribution < -0.4 is 5.32 Å². The first-order valence-corrected chi connectivity index (χ1v) is 7.66. The smallest absolute Gasteiger partial charge is 0.253 e. The second kappa shape index (κ2) is 6.92. The molecule has 0 aliphatic carbocycles. The van der Waals surface area contributed by atoms with E-state index in [4.69, 9.17) is 5.26 Å². The van der Waals surface area contributed by atoms with Crippen LogP contribution in [-0.2, 0) is 11.3 Å². The van der Waals surface area contributed by atoms with Gasteiger partial charge in [0.2, 0.25) is 5.91 Å². The number of amides is 2. The number of nitrogens with one attached hydrogen (secondary N) is 1. The highest BCUT2D eigenvalue weighted by molar-refractivity contribution is 5.97. The summed E-state index contributed by atoms with van der Waals surface area (Å²) in [5.74, 6) is -0.377. The maximum absolute atomic E-state index is 12.4. The molecule has 1 aliphatic heterocycles. The number of nitrogens with zero attached hydrogens (tertiary/aromatic N) is 3. The number of benzene rings is 1. The molecule has 1 fully saturated rings. The molecule has 2 aromatic rings. The Morgan fingerprint density at radius 1 is 1.33 bits per heavy atom. The average molecular weight is 320 g/mol. The second-order valence-corrected chi connectivity index (χ2v) is 5.62. The molecule has 6 nitrogen and oxygen atoms in total. The fourth-order valence-electron chi connectivity index (χ4n) is 2.67. The van der Waals surface area contributed by atoms with Crippen molar-refractivity contribution in [3.63, 3.8) is 0 Å². The summed E-state index contributed by atoms with van der Waals surface area (Å²) in [6, 6.07) is 12.1. The molecule has 0 spiro atoms. The van der Waals surface area contributed by atoms with Gasteiger partial charge in [0.15, 0.2) is 0 Å². The van der Waals surface area contributed by atoms with Gasteiger partial charge in [-0.2, -0.15) is 5.26 Å². The van der Waals surface area contributed by atoms with Crippen LogP contribution in [0.2, 0.25) is 0 Å². The highest BCUT2D eigenvalue weighted by atomic mass is 16.2. The third-order valence-electron chi connectivity index (χ3n) is 3.98. The minimum absolute atomic E-state index is 0.0865. The molecular formula is C18H16N4O2. The lowest BCUT2D eigenvalue weighted by molar-refractivity contribution is -0.129. The van der Waals surface area contributed by atoms with Crippen LogP contribution in [0.25, 0.3) is 0 Å². The summed E-state index contributed by atoms with van der Waals surface area (Å²) in [5, 5.41) is 11.6. The molecule has 3 rings (SSSR count). The van der Waals surface area contributed by atoms with Crippen LogP contribution in [0.5, 0.6) is 0 Å². The lowest BCUT2D eigenvalue weighted by Crippen LogP contribution is -2.41. The number of aromatic nitrogens is 1. The first-order chi connectivity index (χ1) is 11.7. The second-order valence-electron chi connectivity index (χ2n) is 5.62. The van der Waals surface area contributed by atoms with Crippen molar-refractivity contribution in [1.82, 2.24) is 15.2 Å². The number of pyridine rings is 1. The number of carbonyl (C=O) groups excluding carboxylic acids is 2. The monoisotopic (exact) mass is 320 g/mol. The molecule has 120 valence electrons. The molecule has 0 radical (unpaired) electrons. The Balaban J connectivity index is 1.60. The molecule has 0 saturated carbocycles. The van der Waals surface area contributed by atoms with Gasteiger partial charge in [0.1, 0.15) is 6.04 Å². The van der Waals surface area contributed by atoms with Gasteiger partial charge in [0.25, 0.3) is 5.91 Å². The van der Waals surface area contributed by atoms with E-state index >= 15 is 0 Å². The Labute approximate surface area is 139 Å². The molecule has 2 heterocycles. The number of nitriles is 1. The van der Waals surface area contributed by atoms with Crippen LogP contribution in [0.3, 0.4) is 0 Å². The number of likely N-dealkylation sites (tertiary alicyclic amines) is 1. The van der Waals surface area contributed by atoms with Crippen LogP contribution in [0.15, 0.2) is 48.8 Å². The van der Waals surface area contributed by atoms with Crippen molar-refractivity contribution >= 4 is 11.8 Å². The molecule has 0 bridgehead atoms. The molecule has 24 heavy (non-hydrogen) atoms. The summed E-state index contributed by atoms with van der Waals surface area (Å²) >= 11 is 0. The first kappa shape index (κ1) is 15.7. The van der Waals surface area contributed by atoms with Crippen LogP contribution >= 0.6 is 0 Å². The third kappa shape index (κ3) is 3.41. The van der Waals surface area contributed by atoms with E-state index in [1.54, 1.807) is 35.4 Å². The summed E-state index contributed by atoms with van der Waals surface area (Å²) in [6.45, 7) is 1.07. The van der Waals surface area contributed by atoms with Gasteiger partial charge in [-0.1, -0.05) is 12.1 Å². The van der Waals surface area contributed by atoms with Crippen LogP contribution in [-0.4, -0.2) is 34.3 Å². The summed E-state index contributed by atoms with van der Waals surface area (Å²) in [4.78, 5) is 30.2. The van der Waals surface area contributed by atoms with Gasteiger partial charge < -0.3 is 10.2 Å². The predicted octanol–water partition coefficient (Wildman–Crippen LogP) is 1.48. The van der Waals surface area contributed by atoms with Gasteiger partial charge in [-0.05, 0) is 36.2 Å². The van der Waals surface area contributed by atoms with Gasteiger partial charge in [0, 0.05) is 25.5 Å². The van der Waals surface area contributed by atoms with Crippen molar-refractivity contribution in [3.05, 3.63) is 65.5 Å². The Kier molecular flexibility index (Phi) is 4.52. The third-order valence-corrected chi connectivity index (χ3v) is 3.98. The number of carbonyl (C=O) groups is 2. The SMILES string of the molecule is N#Cc1ccc(CN2CC[C@@H](NC(=O)c3cccnc3)C2=O)cc1. The van der Waals surface area contributed by atoms with Crippen LogP contribution in [0.4, 0.5) is 0 Å². The van der Waals surface area contributed by atoms with Gasteiger partial charge in [-0.25, -0.2) is 0 Å². The molecule has 2 amide bonds. The zero-order valence-corrected chi connectivity index (χ0v) is 13.0.